The van der Waals surface area contributed by atoms with Gasteiger partial charge in [-0.25, -0.2) is 4.39 Å². The summed E-state index contributed by atoms with van der Waals surface area (Å²) in [6.07, 6.45) is -6.82. The van der Waals surface area contributed by atoms with Crippen LogP contribution in [0, 0.1) is 5.82 Å². The van der Waals surface area contributed by atoms with Crippen molar-refractivity contribution < 1.29 is 45.4 Å². The molecular formula is C25H27FN4O4. The molecule has 0 bridgehead atoms. The largest absolute Gasteiger partial charge is 0.381 e. The van der Waals surface area contributed by atoms with Gasteiger partial charge in [-0.15, -0.1) is 0 Å². The van der Waals surface area contributed by atoms with Crippen molar-refractivity contribution in [1.82, 2.24) is 15.1 Å². The summed E-state index contributed by atoms with van der Waals surface area (Å²) >= 11 is 0. The van der Waals surface area contributed by atoms with Gasteiger partial charge in [0.2, 0.25) is 11.8 Å². The Bertz CT molecular complexity index is 1780. The normalized spacial score (nSPS) is 38.7. The Morgan fingerprint density at radius 2 is 2.03 bits per heavy atom. The van der Waals surface area contributed by atoms with Crippen LogP contribution in [0.3, 0.4) is 0 Å². The minimum Gasteiger partial charge on any atom is -0.381 e. The predicted octanol–water partition coefficient (Wildman–Crippen LogP) is 2.03. The number of ether oxygens (including phenoxy) is 1. The lowest BCUT2D eigenvalue weighted by Gasteiger charge is -2.29. The fourth-order valence-electron chi connectivity index (χ4n) is 3.39. The molecule has 1 atom stereocenters. The van der Waals surface area contributed by atoms with Crippen LogP contribution in [0.25, 0.3) is 0 Å². The molecule has 2 N–H and O–H groups in total. The first-order valence-corrected chi connectivity index (χ1v) is 9.84. The summed E-state index contributed by atoms with van der Waals surface area (Å²) < 4.78 is 151. The van der Waals surface area contributed by atoms with E-state index in [1.165, 1.54) is 6.07 Å². The molecule has 0 aromatic heterocycles. The Morgan fingerprint density at radius 3 is 2.82 bits per heavy atom. The van der Waals surface area contributed by atoms with Crippen molar-refractivity contribution in [2.45, 2.75) is 38.3 Å². The van der Waals surface area contributed by atoms with E-state index in [1.807, 2.05) is 0 Å². The first kappa shape index (κ1) is 10.5. The van der Waals surface area contributed by atoms with Crippen LogP contribution in [-0.4, -0.2) is 59.7 Å². The number of morpholine rings is 1. The zero-order chi connectivity index (χ0) is 38.0. The quantitative estimate of drug-likeness (QED) is 0.613. The van der Waals surface area contributed by atoms with Crippen molar-refractivity contribution >= 4 is 23.4 Å². The van der Waals surface area contributed by atoms with Crippen molar-refractivity contribution in [2.75, 3.05) is 31.4 Å². The molecule has 5 rings (SSSR count). The molecule has 0 unspecified atom stereocenters. The molecule has 3 heterocycles. The fourth-order valence-corrected chi connectivity index (χ4v) is 3.39. The van der Waals surface area contributed by atoms with Crippen molar-refractivity contribution in [3.8, 4) is 0 Å². The molecule has 2 saturated heterocycles. The number of imide groups is 1. The highest BCUT2D eigenvalue weighted by Gasteiger charge is 2.39. The van der Waals surface area contributed by atoms with E-state index in [9.17, 15) is 14.4 Å². The topological polar surface area (TPSA) is 91.0 Å². The number of carbonyl (C=O) groups is 3. The number of anilines is 1. The van der Waals surface area contributed by atoms with Crippen LogP contribution in [0.1, 0.15) is 61.7 Å². The summed E-state index contributed by atoms with van der Waals surface area (Å²) in [5.74, 6) is -5.75. The van der Waals surface area contributed by atoms with Gasteiger partial charge in [0.15, 0.2) is 0 Å². The highest BCUT2D eigenvalue weighted by Crippen LogP contribution is 2.32. The molecule has 3 aliphatic rings. The molecule has 0 radical (unpaired) electrons. The molecule has 9 heteroatoms. The van der Waals surface area contributed by atoms with E-state index < -0.39 is 110 Å². The van der Waals surface area contributed by atoms with Gasteiger partial charge in [0, 0.05) is 72.2 Å². The lowest BCUT2D eigenvalue weighted by molar-refractivity contribution is -0.136. The number of carbonyl (C=O) groups excluding carboxylic acids is 3. The minimum atomic E-state index is -3.43. The molecular weight excluding hydrogens is 439 g/mol. The maximum absolute atomic E-state index is 15.6. The summed E-state index contributed by atoms with van der Waals surface area (Å²) in [7, 11) is 0. The number of amides is 3. The fraction of sp³-hybridized carbons (Fsp3) is 0.400. The Kier molecular flexibility index (Phi) is 2.95. The van der Waals surface area contributed by atoms with Gasteiger partial charge in [-0.3, -0.25) is 24.6 Å². The maximum atomic E-state index is 15.6. The van der Waals surface area contributed by atoms with Crippen molar-refractivity contribution in [3.05, 3.63) is 64.5 Å². The summed E-state index contributed by atoms with van der Waals surface area (Å²) in [5, 5.41) is 3.89. The van der Waals surface area contributed by atoms with Crippen molar-refractivity contribution in [3.63, 3.8) is 0 Å². The third-order valence-corrected chi connectivity index (χ3v) is 4.98. The molecule has 3 aliphatic heterocycles. The zero-order valence-electron chi connectivity index (χ0n) is 33.2. The number of fused-ring (bicyclic) bond motifs is 1. The molecule has 2 fully saturated rings. The van der Waals surface area contributed by atoms with Crippen molar-refractivity contribution in [1.29, 1.82) is 0 Å². The molecule has 3 amide bonds. The Labute approximate surface area is 219 Å². The Balaban J connectivity index is 1.48. The van der Waals surface area contributed by atoms with Crippen LogP contribution in [0.15, 0.2) is 36.4 Å². The number of nitrogens with zero attached hydrogens (tertiary/aromatic N) is 2. The molecule has 0 spiro atoms. The molecule has 0 aliphatic carbocycles. The number of halogens is 1. The second kappa shape index (κ2) is 9.52. The molecule has 2 aromatic carbocycles. The second-order valence-corrected chi connectivity index (χ2v) is 7.19. The lowest BCUT2D eigenvalue weighted by Crippen LogP contribution is -2.52. The SMILES string of the molecule is [2H]C([2H])(Nc1cccc2c1C([2H])([2H])N([C@@H]1C(=O)NC(=O)C([2H])([2H])C1([2H])[2H])C2=O)c1ccc(CN2C([2H])([2H])C([2H])([2H])OC([2H])([2H])C2([2H])[2H])cc1F. The first-order chi connectivity index (χ1) is 22.5. The van der Waals surface area contributed by atoms with Gasteiger partial charge in [-0.1, -0.05) is 18.2 Å². The second-order valence-electron chi connectivity index (χ2n) is 7.19. The van der Waals surface area contributed by atoms with E-state index in [2.05, 4.69) is 10.1 Å². The highest BCUT2D eigenvalue weighted by molar-refractivity contribution is 6.06. The van der Waals surface area contributed by atoms with Gasteiger partial charge in [0.1, 0.15) is 11.9 Å². The molecule has 8 nitrogen and oxygen atoms in total. The molecule has 34 heavy (non-hydrogen) atoms. The summed E-state index contributed by atoms with van der Waals surface area (Å²) in [6.45, 7) is -20.2. The third kappa shape index (κ3) is 4.53. The molecule has 178 valence electrons. The number of nitrogens with one attached hydrogen (secondary N) is 2. The third-order valence-electron chi connectivity index (χ3n) is 4.98. The minimum absolute atomic E-state index is 0.112. The number of hydrogen-bond donors (Lipinski definition) is 2. The van der Waals surface area contributed by atoms with Crippen LogP contribution in [0.2, 0.25) is 0 Å². The maximum Gasteiger partial charge on any atom is 0.255 e. The number of benzene rings is 2. The van der Waals surface area contributed by atoms with E-state index in [1.54, 1.807) is 5.32 Å². The van der Waals surface area contributed by atoms with Gasteiger partial charge in [0.25, 0.3) is 5.91 Å². The van der Waals surface area contributed by atoms with Crippen LogP contribution < -0.4 is 10.6 Å². The van der Waals surface area contributed by atoms with Crippen LogP contribution in [0.5, 0.6) is 0 Å². The molecule has 0 saturated carbocycles. The Hall–Kier alpha value is -3.30. The molecule has 2 aromatic rings. The van der Waals surface area contributed by atoms with Crippen molar-refractivity contribution in [2.24, 2.45) is 0 Å². The van der Waals surface area contributed by atoms with E-state index >= 15 is 4.39 Å². The number of rotatable bonds is 6. The van der Waals surface area contributed by atoms with Gasteiger partial charge < -0.3 is 15.0 Å². The van der Waals surface area contributed by atoms with Crippen LogP contribution in [0.4, 0.5) is 10.1 Å². The first-order valence-electron chi connectivity index (χ1n) is 17.8. The van der Waals surface area contributed by atoms with Crippen LogP contribution >= 0.6 is 0 Å². The van der Waals surface area contributed by atoms with Gasteiger partial charge in [-0.05, 0) is 30.1 Å². The lowest BCUT2D eigenvalue weighted by atomic mass is 10.0. The average Bonchev–Trinajstić information content (AvgIpc) is 3.14. The summed E-state index contributed by atoms with van der Waals surface area (Å²) in [6, 6.07) is 3.41. The van der Waals surface area contributed by atoms with E-state index in [0.717, 1.165) is 24.3 Å². The summed E-state index contributed by atoms with van der Waals surface area (Å²) in [4.78, 5) is 38.6. The van der Waals surface area contributed by atoms with E-state index in [0.29, 0.717) is 6.07 Å². The van der Waals surface area contributed by atoms with Gasteiger partial charge in [0.05, 0.1) is 24.1 Å². The zero-order valence-corrected chi connectivity index (χ0v) is 17.2. The number of hydrogen-bond acceptors (Lipinski definition) is 6. The van der Waals surface area contributed by atoms with E-state index in [-0.39, 0.29) is 15.4 Å². The monoisotopic (exact) mass is 482 g/mol. The standard InChI is InChI=1S/C25H27FN4O4/c26-20-12-16(14-29-8-10-34-11-9-29)4-5-17(20)13-27-21-3-1-2-18-19(21)15-30(25(18)33)22-6-7-23(31)28-24(22)32/h1-5,12,22,27H,6-11,13-15H2,(H,28,31,32)/t22-/m0/s1/i6D2,7D2,8D2,9D2,10D2,11D2,13D2,15D2. The van der Waals surface area contributed by atoms with Crippen LogP contribution in [-0.2, 0) is 33.9 Å². The Morgan fingerprint density at radius 1 is 1.21 bits per heavy atom. The highest BCUT2D eigenvalue weighted by atomic mass is 19.1. The smallest absolute Gasteiger partial charge is 0.255 e. The van der Waals surface area contributed by atoms with Gasteiger partial charge >= 0.3 is 0 Å². The van der Waals surface area contributed by atoms with E-state index in [4.69, 9.17) is 21.9 Å². The number of piperidine rings is 1. The van der Waals surface area contributed by atoms with Gasteiger partial charge in [-0.2, -0.15) is 0 Å². The summed E-state index contributed by atoms with van der Waals surface area (Å²) in [5.41, 5.74) is -2.55. The predicted molar refractivity (Wildman–Crippen MR) is 122 cm³/mol. The average molecular weight is 483 g/mol.